The van der Waals surface area contributed by atoms with E-state index in [1.54, 1.807) is 67.4 Å². The number of aryl methyl sites for hydroxylation is 1. The molecule has 9 nitrogen and oxygen atoms in total. The third-order valence-electron chi connectivity index (χ3n) is 5.93. The molecule has 0 spiro atoms. The van der Waals surface area contributed by atoms with Crippen LogP contribution in [0.1, 0.15) is 28.5 Å². The van der Waals surface area contributed by atoms with Crippen LogP contribution in [-0.4, -0.2) is 49.5 Å². The van der Waals surface area contributed by atoms with Crippen LogP contribution in [0, 0.1) is 13.8 Å². The van der Waals surface area contributed by atoms with Crippen LogP contribution >= 0.6 is 0 Å². The van der Waals surface area contributed by atoms with E-state index in [9.17, 15) is 14.4 Å². The maximum atomic E-state index is 13.5. The average molecular weight is 512 g/mol. The quantitative estimate of drug-likeness (QED) is 0.311. The van der Waals surface area contributed by atoms with Crippen LogP contribution in [-0.2, 0) is 28.0 Å². The predicted octanol–water partition coefficient (Wildman–Crippen LogP) is 3.40. The molecule has 2 aromatic heterocycles. The molecule has 2 aromatic carbocycles. The highest BCUT2D eigenvalue weighted by Crippen LogP contribution is 2.28. The van der Waals surface area contributed by atoms with Crippen molar-refractivity contribution in [3.8, 4) is 11.5 Å². The molecule has 36 heavy (non-hydrogen) atoms. The first kappa shape index (κ1) is 25.8. The summed E-state index contributed by atoms with van der Waals surface area (Å²) >= 11 is 0. The fourth-order valence-corrected chi connectivity index (χ4v) is 5.23. The number of hydrogen-bond acceptors (Lipinski definition) is 8. The van der Waals surface area contributed by atoms with Crippen LogP contribution in [0.3, 0.4) is 0 Å². The van der Waals surface area contributed by atoms with Gasteiger partial charge < -0.3 is 24.4 Å². The molecule has 0 unspecified atom stereocenters. The maximum Gasteiger partial charge on any atom is 0.202 e. The van der Waals surface area contributed by atoms with E-state index >= 15 is 0 Å². The molecular weight excluding hydrogens is 482 g/mol. The van der Waals surface area contributed by atoms with Crippen molar-refractivity contribution >= 4 is 21.8 Å². The van der Waals surface area contributed by atoms with Gasteiger partial charge in [-0.1, -0.05) is 30.3 Å². The number of aromatic nitrogens is 3. The Bertz CT molecular complexity index is 1380. The Hall–Kier alpha value is -3.31. The molecule has 0 aliphatic heterocycles. The number of fused-ring (bicyclic) bond motifs is 1. The van der Waals surface area contributed by atoms with E-state index in [-0.39, 0.29) is 17.6 Å². The molecule has 0 radical (unpaired) electrons. The summed E-state index contributed by atoms with van der Waals surface area (Å²) in [6, 6.07) is 14.0. The van der Waals surface area contributed by atoms with Gasteiger partial charge in [0.15, 0.2) is 6.29 Å². The lowest BCUT2D eigenvalue weighted by Gasteiger charge is -2.20. The number of rotatable bonds is 10. The number of benzene rings is 2. The molecule has 0 saturated carbocycles. The lowest BCUT2D eigenvalue weighted by Crippen LogP contribution is -2.24. The Morgan fingerprint density at radius 3 is 2.50 bits per heavy atom. The third kappa shape index (κ3) is 5.26. The van der Waals surface area contributed by atoms with Gasteiger partial charge in [-0.05, 0) is 31.5 Å². The molecule has 4 aromatic rings. The highest BCUT2D eigenvalue weighted by Gasteiger charge is 2.23. The van der Waals surface area contributed by atoms with Crippen molar-refractivity contribution in [2.45, 2.75) is 43.9 Å². The van der Waals surface area contributed by atoms with Crippen LogP contribution in [0.2, 0.25) is 0 Å². The van der Waals surface area contributed by atoms with Crippen LogP contribution in [0.4, 0.5) is 0 Å². The second kappa shape index (κ2) is 11.2. The van der Waals surface area contributed by atoms with Crippen LogP contribution in [0.5, 0.6) is 11.5 Å². The van der Waals surface area contributed by atoms with Gasteiger partial charge in [0, 0.05) is 23.4 Å². The zero-order valence-electron chi connectivity index (χ0n) is 20.5. The van der Waals surface area contributed by atoms with Crippen molar-refractivity contribution in [2.75, 3.05) is 14.2 Å². The molecule has 0 fully saturated rings. The normalized spacial score (nSPS) is 13.9. The van der Waals surface area contributed by atoms with E-state index in [4.69, 9.17) is 14.2 Å². The van der Waals surface area contributed by atoms with E-state index < -0.39 is 23.2 Å². The summed E-state index contributed by atoms with van der Waals surface area (Å²) in [5.41, 5.74) is 4.06. The summed E-state index contributed by atoms with van der Waals surface area (Å²) in [4.78, 5) is 9.04. The van der Waals surface area contributed by atoms with Crippen LogP contribution in [0.15, 0.2) is 59.9 Å². The van der Waals surface area contributed by atoms with Crippen LogP contribution < -0.4 is 9.47 Å². The Kier molecular flexibility index (Phi) is 8.00. The molecule has 2 N–H and O–H groups in total. The molecule has 0 bridgehead atoms. The van der Waals surface area contributed by atoms with Crippen molar-refractivity contribution < 1.29 is 28.6 Å². The molecule has 190 valence electrons. The number of pyridine rings is 1. The van der Waals surface area contributed by atoms with Gasteiger partial charge in [-0.3, -0.25) is 13.8 Å². The molecule has 4 rings (SSSR count). The third-order valence-corrected chi connectivity index (χ3v) is 7.18. The number of methoxy groups -OCH3 is 2. The summed E-state index contributed by atoms with van der Waals surface area (Å²) in [7, 11) is 1.54. The number of aliphatic hydroxyl groups is 2. The van der Waals surface area contributed by atoms with Crippen molar-refractivity contribution in [2.24, 2.45) is 0 Å². The Morgan fingerprint density at radius 2 is 1.81 bits per heavy atom. The topological polar surface area (TPSA) is 116 Å². The summed E-state index contributed by atoms with van der Waals surface area (Å²) in [6.45, 7) is 3.59. The van der Waals surface area contributed by atoms with Gasteiger partial charge in [0.2, 0.25) is 5.16 Å². The maximum absolute atomic E-state index is 13.5. The minimum Gasteiger partial charge on any atom is -0.497 e. The molecule has 0 aliphatic carbocycles. The molecule has 0 aliphatic rings. The van der Waals surface area contributed by atoms with Crippen LogP contribution in [0.25, 0.3) is 11.0 Å². The first-order chi connectivity index (χ1) is 17.3. The summed E-state index contributed by atoms with van der Waals surface area (Å²) < 4.78 is 31.6. The summed E-state index contributed by atoms with van der Waals surface area (Å²) in [6.07, 6.45) is -1.07. The molecule has 2 heterocycles. The SMILES string of the molecule is COc1ccc2nc([S@](=O)Cc3ncc(C)c(OC)c3C)n(CO[C@H](O)[C@@H](O)c3ccccc3)c2c1. The smallest absolute Gasteiger partial charge is 0.202 e. The monoisotopic (exact) mass is 511 g/mol. The molecule has 0 saturated heterocycles. The largest absolute Gasteiger partial charge is 0.497 e. The van der Waals surface area contributed by atoms with E-state index in [0.717, 1.165) is 11.1 Å². The van der Waals surface area contributed by atoms with E-state index in [2.05, 4.69) is 9.97 Å². The highest BCUT2D eigenvalue weighted by atomic mass is 32.2. The minimum absolute atomic E-state index is 0.109. The first-order valence-electron chi connectivity index (χ1n) is 11.3. The zero-order valence-corrected chi connectivity index (χ0v) is 21.4. The second-order valence-corrected chi connectivity index (χ2v) is 9.60. The van der Waals surface area contributed by atoms with Gasteiger partial charge in [0.1, 0.15) is 24.3 Å². The van der Waals surface area contributed by atoms with Crippen molar-refractivity contribution in [3.05, 3.63) is 77.1 Å². The van der Waals surface area contributed by atoms with E-state index in [1.165, 1.54) is 0 Å². The Morgan fingerprint density at radius 1 is 1.06 bits per heavy atom. The van der Waals surface area contributed by atoms with Gasteiger partial charge in [-0.2, -0.15) is 0 Å². The number of aliphatic hydroxyl groups excluding tert-OH is 2. The molecule has 3 atom stereocenters. The van der Waals surface area contributed by atoms with E-state index in [0.29, 0.717) is 33.8 Å². The number of nitrogens with zero attached hydrogens (tertiary/aromatic N) is 3. The summed E-state index contributed by atoms with van der Waals surface area (Å²) in [5.74, 6) is 1.40. The highest BCUT2D eigenvalue weighted by molar-refractivity contribution is 7.84. The average Bonchev–Trinajstić information content (AvgIpc) is 3.27. The van der Waals surface area contributed by atoms with Gasteiger partial charge in [0.25, 0.3) is 0 Å². The molecule has 10 heteroatoms. The van der Waals surface area contributed by atoms with Crippen molar-refractivity contribution in [3.63, 3.8) is 0 Å². The van der Waals surface area contributed by atoms with Crippen molar-refractivity contribution in [1.82, 2.24) is 14.5 Å². The summed E-state index contributed by atoms with van der Waals surface area (Å²) in [5, 5.41) is 21.2. The lowest BCUT2D eigenvalue weighted by atomic mass is 10.1. The fraction of sp³-hybridized carbons (Fsp3) is 0.308. The van der Waals surface area contributed by atoms with Crippen molar-refractivity contribution in [1.29, 1.82) is 0 Å². The van der Waals surface area contributed by atoms with Gasteiger partial charge in [-0.15, -0.1) is 0 Å². The standard InChI is InChI=1S/C26H29N3O6S/c1-16-13-27-21(17(2)24(16)34-4)14-36(32)26-28-20-11-10-19(33-3)12-22(20)29(26)15-35-25(31)23(30)18-8-6-5-7-9-18/h5-13,23,25,30-31H,14-15H2,1-4H3/t23-,25-,36+/m0/s1. The van der Waals surface area contributed by atoms with E-state index in [1.807, 2.05) is 19.9 Å². The zero-order chi connectivity index (χ0) is 25.8. The van der Waals surface area contributed by atoms with Gasteiger partial charge in [-0.25, -0.2) is 4.98 Å². The Balaban J connectivity index is 1.65. The Labute approximate surface area is 211 Å². The second-order valence-electron chi connectivity index (χ2n) is 8.25. The predicted molar refractivity (Wildman–Crippen MR) is 135 cm³/mol. The number of imidazole rings is 1. The number of hydrogen-bond donors (Lipinski definition) is 2. The molecule has 0 amide bonds. The number of ether oxygens (including phenoxy) is 3. The minimum atomic E-state index is -1.61. The molecular formula is C26H29N3O6S. The van der Waals surface area contributed by atoms with Gasteiger partial charge >= 0.3 is 0 Å². The van der Waals surface area contributed by atoms with Gasteiger partial charge in [0.05, 0.1) is 47.5 Å². The lowest BCUT2D eigenvalue weighted by molar-refractivity contribution is -0.183. The first-order valence-corrected chi connectivity index (χ1v) is 12.6. The fourth-order valence-electron chi connectivity index (χ4n) is 3.97.